The summed E-state index contributed by atoms with van der Waals surface area (Å²) in [4.78, 5) is 10.8. The largest absolute Gasteiger partial charge is 0.401 e. The van der Waals surface area contributed by atoms with Crippen molar-refractivity contribution in [2.45, 2.75) is 66.6 Å². The number of hydrogen-bond donors (Lipinski definition) is 4. The van der Waals surface area contributed by atoms with Gasteiger partial charge < -0.3 is 22.1 Å². The highest BCUT2D eigenvalue weighted by molar-refractivity contribution is 8.00. The van der Waals surface area contributed by atoms with Gasteiger partial charge in [0.05, 0.1) is 0 Å². The fourth-order valence-corrected chi connectivity index (χ4v) is 5.40. The Hall–Kier alpha value is -2.14. The molecule has 10 heteroatoms. The molecule has 4 unspecified atom stereocenters. The van der Waals surface area contributed by atoms with Crippen LogP contribution in [0.1, 0.15) is 41.6 Å². The van der Waals surface area contributed by atoms with Gasteiger partial charge in [-0.2, -0.15) is 13.2 Å². The standard InChI is InChI=1S/C17H24F3N3S.C7H5FO.CH5N/c1-22-13-8-6-11(5-7-12(13)21)23-14-4-2-3-10-9-15(17(18,19)20)24-16(10)14;8-7-3-1-6(5-9)2-4-7;1-2/h2-4,11-13,15,22-23H,5-9,21H2,1H3;1-5H;2H2,1H3. The molecule has 2 aromatic rings. The maximum absolute atomic E-state index is 13.0. The first kappa shape index (κ1) is 29.1. The van der Waals surface area contributed by atoms with Gasteiger partial charge in [-0.1, -0.05) is 12.1 Å². The molecule has 1 aliphatic carbocycles. The van der Waals surface area contributed by atoms with Gasteiger partial charge in [-0.15, -0.1) is 11.8 Å². The molecule has 1 saturated carbocycles. The Morgan fingerprint density at radius 1 is 1.03 bits per heavy atom. The van der Waals surface area contributed by atoms with Gasteiger partial charge in [-0.25, -0.2) is 4.39 Å². The molecular weight excluding hydrogens is 480 g/mol. The number of halogens is 4. The highest BCUT2D eigenvalue weighted by atomic mass is 32.2. The normalized spacial score (nSPS) is 23.5. The number of carbonyl (C=O) groups is 1. The molecule has 35 heavy (non-hydrogen) atoms. The van der Waals surface area contributed by atoms with Crippen LogP contribution in [0.15, 0.2) is 47.4 Å². The van der Waals surface area contributed by atoms with E-state index in [9.17, 15) is 22.4 Å². The van der Waals surface area contributed by atoms with E-state index < -0.39 is 11.4 Å². The Morgan fingerprint density at radius 3 is 2.29 bits per heavy atom. The number of nitrogens with one attached hydrogen (secondary N) is 2. The number of fused-ring (bicyclic) bond motifs is 1. The SMILES string of the molecule is CN.CNC1CCC(Nc2cccc3c2SC(C(F)(F)F)C3)CCC1N.O=Cc1ccc(F)cc1. The number of nitrogens with two attached hydrogens (primary N) is 2. The lowest BCUT2D eigenvalue weighted by Gasteiger charge is -2.20. The third kappa shape index (κ3) is 8.49. The Kier molecular flexibility index (Phi) is 11.5. The zero-order chi connectivity index (χ0) is 26.0. The lowest BCUT2D eigenvalue weighted by Crippen LogP contribution is -2.42. The van der Waals surface area contributed by atoms with Crippen molar-refractivity contribution in [1.29, 1.82) is 0 Å². The van der Waals surface area contributed by atoms with Crippen molar-refractivity contribution in [2.75, 3.05) is 19.4 Å². The Balaban J connectivity index is 0.000000329. The van der Waals surface area contributed by atoms with E-state index in [4.69, 9.17) is 5.73 Å². The maximum Gasteiger partial charge on any atom is 0.401 e. The molecule has 4 atom stereocenters. The van der Waals surface area contributed by atoms with E-state index in [1.54, 1.807) is 6.07 Å². The van der Waals surface area contributed by atoms with E-state index in [1.165, 1.54) is 31.3 Å². The first-order chi connectivity index (χ1) is 16.7. The molecule has 0 spiro atoms. The van der Waals surface area contributed by atoms with E-state index in [0.29, 0.717) is 17.9 Å². The molecule has 1 aliphatic heterocycles. The summed E-state index contributed by atoms with van der Waals surface area (Å²) in [5.74, 6) is -0.319. The molecule has 4 rings (SSSR count). The lowest BCUT2D eigenvalue weighted by atomic mass is 10.1. The minimum Gasteiger partial charge on any atom is -0.381 e. The molecule has 0 bridgehead atoms. The van der Waals surface area contributed by atoms with Crippen LogP contribution in [0.4, 0.5) is 23.2 Å². The van der Waals surface area contributed by atoms with Crippen molar-refractivity contribution in [3.63, 3.8) is 0 Å². The monoisotopic (exact) mass is 514 g/mol. The highest BCUT2D eigenvalue weighted by Gasteiger charge is 2.44. The Morgan fingerprint density at radius 2 is 1.69 bits per heavy atom. The van der Waals surface area contributed by atoms with Gasteiger partial charge in [-0.05, 0) is 82.1 Å². The van der Waals surface area contributed by atoms with E-state index in [1.807, 2.05) is 19.2 Å². The van der Waals surface area contributed by atoms with Crippen molar-refractivity contribution in [2.24, 2.45) is 11.5 Å². The van der Waals surface area contributed by atoms with Crippen LogP contribution in [-0.4, -0.2) is 49.9 Å². The first-order valence-corrected chi connectivity index (χ1v) is 12.4. The second-order valence-electron chi connectivity index (χ2n) is 8.37. The summed E-state index contributed by atoms with van der Waals surface area (Å²) in [6, 6.07) is 11.6. The van der Waals surface area contributed by atoms with Crippen LogP contribution in [0.3, 0.4) is 0 Å². The third-order valence-electron chi connectivity index (χ3n) is 6.06. The van der Waals surface area contributed by atoms with Crippen molar-refractivity contribution < 1.29 is 22.4 Å². The number of thioether (sulfide) groups is 1. The summed E-state index contributed by atoms with van der Waals surface area (Å²) >= 11 is 0.945. The number of alkyl halides is 3. The number of carbonyl (C=O) groups excluding carboxylic acids is 1. The molecule has 2 aromatic carbocycles. The van der Waals surface area contributed by atoms with Gasteiger partial charge in [0.2, 0.25) is 0 Å². The summed E-state index contributed by atoms with van der Waals surface area (Å²) in [6.07, 6.45) is 0.387. The van der Waals surface area contributed by atoms with Gasteiger partial charge >= 0.3 is 6.18 Å². The molecule has 2 aliphatic rings. The number of anilines is 1. The average molecular weight is 515 g/mol. The molecule has 6 N–H and O–H groups in total. The van der Waals surface area contributed by atoms with Crippen molar-refractivity contribution >= 4 is 23.7 Å². The summed E-state index contributed by atoms with van der Waals surface area (Å²) < 4.78 is 51.2. The highest BCUT2D eigenvalue weighted by Crippen LogP contribution is 2.48. The van der Waals surface area contributed by atoms with Crippen LogP contribution in [0, 0.1) is 5.82 Å². The zero-order valence-corrected chi connectivity index (χ0v) is 20.8. The van der Waals surface area contributed by atoms with Crippen LogP contribution >= 0.6 is 11.8 Å². The number of likely N-dealkylation sites (N-methyl/N-ethyl adjacent to an activating group) is 1. The van der Waals surface area contributed by atoms with Crippen LogP contribution < -0.4 is 22.1 Å². The van der Waals surface area contributed by atoms with Gasteiger partial charge in [0.15, 0.2) is 0 Å². The van der Waals surface area contributed by atoms with E-state index >= 15 is 0 Å². The van der Waals surface area contributed by atoms with Gasteiger partial charge in [0.25, 0.3) is 0 Å². The molecule has 0 aromatic heterocycles. The minimum absolute atomic E-state index is 0.0659. The molecular formula is C25H34F4N4OS. The Bertz CT molecular complexity index is 927. The van der Waals surface area contributed by atoms with Crippen molar-refractivity contribution in [1.82, 2.24) is 5.32 Å². The summed E-state index contributed by atoms with van der Waals surface area (Å²) in [5.41, 5.74) is 12.8. The second-order valence-corrected chi connectivity index (χ2v) is 9.58. The maximum atomic E-state index is 13.0. The predicted molar refractivity (Wildman–Crippen MR) is 134 cm³/mol. The fraction of sp³-hybridized carbons (Fsp3) is 0.480. The van der Waals surface area contributed by atoms with Gasteiger partial charge in [0.1, 0.15) is 17.4 Å². The van der Waals surface area contributed by atoms with Crippen LogP contribution in [0.5, 0.6) is 0 Å². The number of rotatable bonds is 4. The summed E-state index contributed by atoms with van der Waals surface area (Å²) in [5, 5.41) is 5.42. The molecule has 0 saturated heterocycles. The predicted octanol–water partition coefficient (Wildman–Crippen LogP) is 4.75. The summed E-state index contributed by atoms with van der Waals surface area (Å²) in [7, 11) is 3.43. The molecule has 0 amide bonds. The van der Waals surface area contributed by atoms with Crippen LogP contribution in [0.25, 0.3) is 0 Å². The van der Waals surface area contributed by atoms with E-state index in [2.05, 4.69) is 16.4 Å². The van der Waals surface area contributed by atoms with Gasteiger partial charge in [0, 0.05) is 34.3 Å². The smallest absolute Gasteiger partial charge is 0.381 e. The minimum atomic E-state index is -4.16. The zero-order valence-electron chi connectivity index (χ0n) is 19.9. The average Bonchev–Trinajstić information content (AvgIpc) is 3.23. The van der Waals surface area contributed by atoms with E-state index in [0.717, 1.165) is 53.6 Å². The topological polar surface area (TPSA) is 93.2 Å². The number of hydrogen-bond acceptors (Lipinski definition) is 6. The molecule has 194 valence electrons. The van der Waals surface area contributed by atoms with Crippen LogP contribution in [-0.2, 0) is 6.42 Å². The van der Waals surface area contributed by atoms with Crippen LogP contribution in [0.2, 0.25) is 0 Å². The van der Waals surface area contributed by atoms with Crippen molar-refractivity contribution in [3.05, 3.63) is 59.4 Å². The Labute approximate surface area is 208 Å². The second kappa shape index (κ2) is 13.8. The molecule has 1 fully saturated rings. The lowest BCUT2D eigenvalue weighted by molar-refractivity contribution is -0.127. The molecule has 0 radical (unpaired) electrons. The first-order valence-electron chi connectivity index (χ1n) is 11.5. The molecule has 5 nitrogen and oxygen atoms in total. The van der Waals surface area contributed by atoms with Gasteiger partial charge in [-0.3, -0.25) is 4.79 Å². The third-order valence-corrected chi connectivity index (χ3v) is 7.49. The quantitative estimate of drug-likeness (QED) is 0.267. The van der Waals surface area contributed by atoms with E-state index in [-0.39, 0.29) is 24.3 Å². The summed E-state index contributed by atoms with van der Waals surface area (Å²) in [6.45, 7) is 0. The fourth-order valence-electron chi connectivity index (χ4n) is 4.16. The van der Waals surface area contributed by atoms with Crippen molar-refractivity contribution in [3.8, 4) is 0 Å². The number of aldehydes is 1. The molecule has 1 heterocycles. The number of benzene rings is 2.